The lowest BCUT2D eigenvalue weighted by molar-refractivity contribution is 0.0224. The van der Waals surface area contributed by atoms with E-state index >= 15 is 0 Å². The molecular formula is C15H28N2O. The third kappa shape index (κ3) is 3.06. The van der Waals surface area contributed by atoms with Crippen LogP contribution in [0.4, 0.5) is 0 Å². The second-order valence-corrected chi connectivity index (χ2v) is 7.15. The lowest BCUT2D eigenvalue weighted by Gasteiger charge is -2.46. The third-order valence-electron chi connectivity index (χ3n) is 4.86. The van der Waals surface area contributed by atoms with Crippen LogP contribution in [0, 0.1) is 11.8 Å². The van der Waals surface area contributed by atoms with Crippen LogP contribution in [0.1, 0.15) is 39.5 Å². The first-order valence-corrected chi connectivity index (χ1v) is 7.71. The van der Waals surface area contributed by atoms with Crippen molar-refractivity contribution in [3.8, 4) is 0 Å². The van der Waals surface area contributed by atoms with E-state index in [4.69, 9.17) is 4.74 Å². The van der Waals surface area contributed by atoms with Crippen molar-refractivity contribution in [2.75, 3.05) is 32.8 Å². The monoisotopic (exact) mass is 252 g/mol. The highest BCUT2D eigenvalue weighted by molar-refractivity contribution is 4.98. The van der Waals surface area contributed by atoms with Crippen molar-refractivity contribution >= 4 is 0 Å². The van der Waals surface area contributed by atoms with E-state index in [2.05, 4.69) is 24.1 Å². The van der Waals surface area contributed by atoms with Gasteiger partial charge in [-0.05, 0) is 51.4 Å². The second kappa shape index (κ2) is 5.10. The molecule has 3 nitrogen and oxygen atoms in total. The summed E-state index contributed by atoms with van der Waals surface area (Å²) >= 11 is 0. The van der Waals surface area contributed by atoms with Gasteiger partial charge in [0.25, 0.3) is 0 Å². The summed E-state index contributed by atoms with van der Waals surface area (Å²) in [6.45, 7) is 10.4. The Labute approximate surface area is 111 Å². The number of ether oxygens (including phenoxy) is 1. The normalized spacial score (nSPS) is 34.7. The van der Waals surface area contributed by atoms with Crippen LogP contribution in [0.3, 0.4) is 0 Å². The summed E-state index contributed by atoms with van der Waals surface area (Å²) in [6, 6.07) is 0.806. The minimum absolute atomic E-state index is 0.288. The van der Waals surface area contributed by atoms with Crippen LogP contribution < -0.4 is 5.32 Å². The Kier molecular flexibility index (Phi) is 3.65. The highest BCUT2D eigenvalue weighted by atomic mass is 16.5. The summed E-state index contributed by atoms with van der Waals surface area (Å²) in [7, 11) is 0. The Morgan fingerprint density at radius 1 is 1.17 bits per heavy atom. The van der Waals surface area contributed by atoms with Gasteiger partial charge in [-0.25, -0.2) is 0 Å². The molecule has 1 unspecified atom stereocenters. The molecule has 2 heterocycles. The van der Waals surface area contributed by atoms with Crippen molar-refractivity contribution < 1.29 is 4.74 Å². The average molecular weight is 252 g/mol. The molecule has 104 valence electrons. The SMILES string of the molecule is CC1(C)CN(CC2CCOCC2)C(C2CC2)CN1. The molecular weight excluding hydrogens is 224 g/mol. The first-order valence-electron chi connectivity index (χ1n) is 7.71. The van der Waals surface area contributed by atoms with E-state index < -0.39 is 0 Å². The van der Waals surface area contributed by atoms with Gasteiger partial charge >= 0.3 is 0 Å². The van der Waals surface area contributed by atoms with Gasteiger partial charge in [0.1, 0.15) is 0 Å². The van der Waals surface area contributed by atoms with Gasteiger partial charge in [-0.3, -0.25) is 4.90 Å². The third-order valence-corrected chi connectivity index (χ3v) is 4.86. The summed E-state index contributed by atoms with van der Waals surface area (Å²) in [6.07, 6.45) is 5.44. The molecule has 0 bridgehead atoms. The van der Waals surface area contributed by atoms with E-state index in [0.717, 1.165) is 31.1 Å². The highest BCUT2D eigenvalue weighted by Gasteiger charge is 2.41. The van der Waals surface area contributed by atoms with Crippen molar-refractivity contribution in [2.45, 2.75) is 51.1 Å². The summed E-state index contributed by atoms with van der Waals surface area (Å²) < 4.78 is 5.49. The van der Waals surface area contributed by atoms with Gasteiger partial charge in [-0.15, -0.1) is 0 Å². The molecule has 3 aliphatic rings. The zero-order chi connectivity index (χ0) is 12.6. The van der Waals surface area contributed by atoms with Gasteiger partial charge < -0.3 is 10.1 Å². The van der Waals surface area contributed by atoms with Crippen molar-refractivity contribution in [3.63, 3.8) is 0 Å². The van der Waals surface area contributed by atoms with Crippen LogP contribution in [0.15, 0.2) is 0 Å². The number of nitrogens with zero attached hydrogens (tertiary/aromatic N) is 1. The maximum atomic E-state index is 5.49. The lowest BCUT2D eigenvalue weighted by atomic mass is 9.93. The summed E-state index contributed by atoms with van der Waals surface area (Å²) in [5, 5.41) is 3.73. The number of nitrogens with one attached hydrogen (secondary N) is 1. The Morgan fingerprint density at radius 3 is 2.56 bits per heavy atom. The predicted octanol–water partition coefficient (Wildman–Crippen LogP) is 1.88. The standard InChI is InChI=1S/C15H28N2O/c1-15(2)11-17(10-12-5-7-18-8-6-12)14(9-16-15)13-3-4-13/h12-14,16H,3-11H2,1-2H3. The van der Waals surface area contributed by atoms with Gasteiger partial charge in [0.2, 0.25) is 0 Å². The molecule has 0 aromatic heterocycles. The molecule has 2 saturated heterocycles. The van der Waals surface area contributed by atoms with Crippen molar-refractivity contribution in [1.29, 1.82) is 0 Å². The summed E-state index contributed by atoms with van der Waals surface area (Å²) in [5.41, 5.74) is 0.288. The highest BCUT2D eigenvalue weighted by Crippen LogP contribution is 2.37. The second-order valence-electron chi connectivity index (χ2n) is 7.15. The first-order chi connectivity index (χ1) is 8.64. The van der Waals surface area contributed by atoms with Crippen molar-refractivity contribution in [2.24, 2.45) is 11.8 Å². The molecule has 0 amide bonds. The number of piperazine rings is 1. The maximum absolute atomic E-state index is 5.49. The van der Waals surface area contributed by atoms with Crippen LogP contribution in [0.25, 0.3) is 0 Å². The Hall–Kier alpha value is -0.120. The molecule has 3 rings (SSSR count). The lowest BCUT2D eigenvalue weighted by Crippen LogP contribution is -2.63. The molecule has 3 heteroatoms. The van der Waals surface area contributed by atoms with Crippen molar-refractivity contribution in [3.05, 3.63) is 0 Å². The smallest absolute Gasteiger partial charge is 0.0469 e. The van der Waals surface area contributed by atoms with Crippen LogP contribution in [0.2, 0.25) is 0 Å². The molecule has 1 aliphatic carbocycles. The molecule has 2 aliphatic heterocycles. The molecule has 0 spiro atoms. The minimum atomic E-state index is 0.288. The molecule has 1 N–H and O–H groups in total. The zero-order valence-corrected chi connectivity index (χ0v) is 12.0. The average Bonchev–Trinajstić information content (AvgIpc) is 3.13. The van der Waals surface area contributed by atoms with Crippen LogP contribution in [0.5, 0.6) is 0 Å². The first kappa shape index (κ1) is 12.9. The van der Waals surface area contributed by atoms with E-state index in [1.54, 1.807) is 0 Å². The van der Waals surface area contributed by atoms with E-state index in [9.17, 15) is 0 Å². The fourth-order valence-corrected chi connectivity index (χ4v) is 3.60. The van der Waals surface area contributed by atoms with Gasteiger partial charge in [-0.2, -0.15) is 0 Å². The Morgan fingerprint density at radius 2 is 1.89 bits per heavy atom. The maximum Gasteiger partial charge on any atom is 0.0469 e. The molecule has 1 atom stereocenters. The quantitative estimate of drug-likeness (QED) is 0.830. The molecule has 0 radical (unpaired) electrons. The van der Waals surface area contributed by atoms with Gasteiger partial charge in [-0.1, -0.05) is 0 Å². The molecule has 0 aromatic rings. The Balaban J connectivity index is 1.61. The Bertz CT molecular complexity index is 282. The van der Waals surface area contributed by atoms with Crippen LogP contribution in [-0.2, 0) is 4.74 Å². The van der Waals surface area contributed by atoms with Gasteiger partial charge in [0.05, 0.1) is 0 Å². The van der Waals surface area contributed by atoms with Crippen LogP contribution >= 0.6 is 0 Å². The number of hydrogen-bond donors (Lipinski definition) is 1. The molecule has 1 saturated carbocycles. The zero-order valence-electron chi connectivity index (χ0n) is 12.0. The van der Waals surface area contributed by atoms with E-state index in [1.165, 1.54) is 45.3 Å². The van der Waals surface area contributed by atoms with Gasteiger partial charge in [0.15, 0.2) is 0 Å². The van der Waals surface area contributed by atoms with E-state index in [0.29, 0.717) is 0 Å². The van der Waals surface area contributed by atoms with E-state index in [1.807, 2.05) is 0 Å². The molecule has 18 heavy (non-hydrogen) atoms. The van der Waals surface area contributed by atoms with E-state index in [-0.39, 0.29) is 5.54 Å². The number of rotatable bonds is 3. The fraction of sp³-hybridized carbons (Fsp3) is 1.00. The van der Waals surface area contributed by atoms with Gasteiger partial charge in [0, 0.05) is 44.4 Å². The molecule has 3 fully saturated rings. The minimum Gasteiger partial charge on any atom is -0.381 e. The summed E-state index contributed by atoms with van der Waals surface area (Å²) in [4.78, 5) is 2.80. The summed E-state index contributed by atoms with van der Waals surface area (Å²) in [5.74, 6) is 1.85. The van der Waals surface area contributed by atoms with Crippen LogP contribution in [-0.4, -0.2) is 49.3 Å². The fourth-order valence-electron chi connectivity index (χ4n) is 3.60. The molecule has 0 aromatic carbocycles. The largest absolute Gasteiger partial charge is 0.381 e. The topological polar surface area (TPSA) is 24.5 Å². The number of hydrogen-bond acceptors (Lipinski definition) is 3. The predicted molar refractivity (Wildman–Crippen MR) is 73.7 cm³/mol. The van der Waals surface area contributed by atoms with Crippen molar-refractivity contribution in [1.82, 2.24) is 10.2 Å².